The van der Waals surface area contributed by atoms with Crippen LogP contribution in [0.2, 0.25) is 0 Å². The number of hydrogen-bond acceptors (Lipinski definition) is 4. The van der Waals surface area contributed by atoms with Gasteiger partial charge in [-0.2, -0.15) is 5.10 Å². The Bertz CT molecular complexity index is 681. The zero-order valence-electron chi connectivity index (χ0n) is 9.31. The van der Waals surface area contributed by atoms with E-state index in [1.807, 2.05) is 0 Å². The summed E-state index contributed by atoms with van der Waals surface area (Å²) in [5.41, 5.74) is 0.530. The fourth-order valence-electron chi connectivity index (χ4n) is 1.41. The number of phenols is 1. The highest BCUT2D eigenvalue weighted by atomic mass is 79.9. The molecule has 0 saturated carbocycles. The fraction of sp³-hybridized carbons (Fsp3) is 0.100. The third-order valence-corrected chi connectivity index (χ3v) is 4.42. The van der Waals surface area contributed by atoms with Crippen molar-refractivity contribution in [3.63, 3.8) is 0 Å². The molecule has 0 unspecified atom stereocenters. The molecule has 0 aliphatic carbocycles. The van der Waals surface area contributed by atoms with Crippen LogP contribution >= 0.6 is 15.9 Å². The van der Waals surface area contributed by atoms with Gasteiger partial charge < -0.3 is 5.11 Å². The number of aryl methyl sites for hydroxylation is 1. The summed E-state index contributed by atoms with van der Waals surface area (Å²) in [7, 11) is -3.76. The van der Waals surface area contributed by atoms with Crippen molar-refractivity contribution in [3.8, 4) is 5.75 Å². The number of H-pyrrole nitrogens is 1. The number of sulfonamides is 1. The van der Waals surface area contributed by atoms with Gasteiger partial charge in [-0.15, -0.1) is 0 Å². The van der Waals surface area contributed by atoms with Crippen LogP contribution in [0.3, 0.4) is 0 Å². The third-order valence-electron chi connectivity index (χ3n) is 2.30. The topological polar surface area (TPSA) is 95.1 Å². The molecule has 1 heterocycles. The van der Waals surface area contributed by atoms with E-state index >= 15 is 0 Å². The minimum atomic E-state index is -3.76. The predicted octanol–water partition coefficient (Wildman–Crippen LogP) is 1.99. The lowest BCUT2D eigenvalue weighted by atomic mass is 10.3. The van der Waals surface area contributed by atoms with Crippen molar-refractivity contribution < 1.29 is 13.5 Å². The molecule has 0 spiro atoms. The number of nitrogens with zero attached hydrogens (tertiary/aromatic N) is 1. The summed E-state index contributed by atoms with van der Waals surface area (Å²) in [6, 6.07) is 4.69. The average Bonchev–Trinajstić information content (AvgIpc) is 2.72. The largest absolute Gasteiger partial charge is 0.505 e. The van der Waals surface area contributed by atoms with E-state index in [1.54, 1.807) is 19.1 Å². The van der Waals surface area contributed by atoms with Crippen molar-refractivity contribution >= 4 is 31.6 Å². The normalized spacial score (nSPS) is 11.4. The van der Waals surface area contributed by atoms with Crippen molar-refractivity contribution in [2.24, 2.45) is 0 Å². The number of phenolic OH excluding ortho intramolecular Hbond substituents is 1. The molecular formula is C10H10BrN3O3S. The molecule has 0 aliphatic rings. The molecule has 1 aromatic heterocycles. The van der Waals surface area contributed by atoms with Crippen molar-refractivity contribution in [1.82, 2.24) is 10.2 Å². The summed E-state index contributed by atoms with van der Waals surface area (Å²) in [5.74, 6) is -0.165. The third kappa shape index (κ3) is 2.34. The summed E-state index contributed by atoms with van der Waals surface area (Å²) in [6.45, 7) is 1.60. The lowest BCUT2D eigenvalue weighted by molar-refractivity contribution is 0.474. The average molecular weight is 332 g/mol. The second kappa shape index (κ2) is 4.62. The first kappa shape index (κ1) is 12.9. The van der Waals surface area contributed by atoms with Gasteiger partial charge in [0.05, 0.1) is 22.1 Å². The molecule has 1 aromatic carbocycles. The van der Waals surface area contributed by atoms with Gasteiger partial charge >= 0.3 is 0 Å². The minimum absolute atomic E-state index is 0.0434. The number of anilines is 1. The van der Waals surface area contributed by atoms with Crippen LogP contribution in [-0.4, -0.2) is 23.7 Å². The molecule has 18 heavy (non-hydrogen) atoms. The van der Waals surface area contributed by atoms with Gasteiger partial charge in [0, 0.05) is 0 Å². The van der Waals surface area contributed by atoms with E-state index in [1.165, 1.54) is 12.3 Å². The van der Waals surface area contributed by atoms with Crippen LogP contribution in [0.5, 0.6) is 5.75 Å². The Hall–Kier alpha value is -1.54. The summed E-state index contributed by atoms with van der Waals surface area (Å²) in [4.78, 5) is 0.0434. The number of aromatic amines is 1. The summed E-state index contributed by atoms with van der Waals surface area (Å²) >= 11 is 3.11. The van der Waals surface area contributed by atoms with Gasteiger partial charge in [0.15, 0.2) is 5.75 Å². The maximum absolute atomic E-state index is 12.0. The van der Waals surface area contributed by atoms with Crippen LogP contribution in [0.1, 0.15) is 5.69 Å². The quantitative estimate of drug-likeness (QED) is 0.749. The first-order chi connectivity index (χ1) is 8.42. The van der Waals surface area contributed by atoms with E-state index in [0.717, 1.165) is 0 Å². The minimum Gasteiger partial charge on any atom is -0.505 e. The number of nitrogens with one attached hydrogen (secondary N) is 2. The van der Waals surface area contributed by atoms with Crippen molar-refractivity contribution in [3.05, 3.63) is 34.6 Å². The Morgan fingerprint density at radius 3 is 2.78 bits per heavy atom. The zero-order chi connectivity index (χ0) is 13.3. The predicted molar refractivity (Wildman–Crippen MR) is 69.9 cm³/mol. The van der Waals surface area contributed by atoms with Crippen LogP contribution < -0.4 is 4.72 Å². The van der Waals surface area contributed by atoms with Gasteiger partial charge in [-0.1, -0.05) is 6.07 Å². The first-order valence-electron chi connectivity index (χ1n) is 4.92. The Balaban J connectivity index is 2.40. The lowest BCUT2D eigenvalue weighted by Crippen LogP contribution is -2.13. The van der Waals surface area contributed by atoms with Crippen LogP contribution in [0.25, 0.3) is 0 Å². The lowest BCUT2D eigenvalue weighted by Gasteiger charge is -2.09. The molecule has 0 radical (unpaired) electrons. The number of aromatic nitrogens is 2. The van der Waals surface area contributed by atoms with E-state index in [9.17, 15) is 13.5 Å². The maximum atomic E-state index is 12.0. The van der Waals surface area contributed by atoms with Gasteiger partial charge in [0.2, 0.25) is 0 Å². The van der Waals surface area contributed by atoms with Gasteiger partial charge in [-0.25, -0.2) is 8.42 Å². The van der Waals surface area contributed by atoms with E-state index in [0.29, 0.717) is 10.2 Å². The number of rotatable bonds is 3. The van der Waals surface area contributed by atoms with Crippen molar-refractivity contribution in [2.75, 3.05) is 4.72 Å². The molecule has 6 nitrogen and oxygen atoms in total. The standard InChI is InChI=1S/C10H10BrN3O3S/c1-6-9(5-12-13-6)18(16,17)14-8-4-2-3-7(11)10(8)15/h2-5,14-15H,1H3,(H,12,13). The molecule has 0 bridgehead atoms. The highest BCUT2D eigenvalue weighted by Gasteiger charge is 2.20. The van der Waals surface area contributed by atoms with E-state index in [2.05, 4.69) is 30.8 Å². The van der Waals surface area contributed by atoms with Gasteiger partial charge in [-0.05, 0) is 35.0 Å². The number of hydrogen-bond donors (Lipinski definition) is 3. The van der Waals surface area contributed by atoms with Crippen molar-refractivity contribution in [1.29, 1.82) is 0 Å². The molecular weight excluding hydrogens is 322 g/mol. The second-order valence-corrected chi connectivity index (χ2v) is 6.11. The van der Waals surface area contributed by atoms with Crippen molar-refractivity contribution in [2.45, 2.75) is 11.8 Å². The Kier molecular flexibility index (Phi) is 3.31. The molecule has 0 amide bonds. The molecule has 0 saturated heterocycles. The highest BCUT2D eigenvalue weighted by molar-refractivity contribution is 9.10. The number of para-hydroxylation sites is 1. The molecule has 8 heteroatoms. The molecule has 2 aromatic rings. The van der Waals surface area contributed by atoms with Gasteiger partial charge in [0.25, 0.3) is 10.0 Å². The summed E-state index contributed by atoms with van der Waals surface area (Å²) in [5, 5.41) is 15.9. The molecule has 96 valence electrons. The molecule has 0 atom stereocenters. The van der Waals surface area contributed by atoms with Gasteiger partial charge in [0.1, 0.15) is 4.90 Å². The highest BCUT2D eigenvalue weighted by Crippen LogP contribution is 2.33. The van der Waals surface area contributed by atoms with Crippen LogP contribution in [0.4, 0.5) is 5.69 Å². The van der Waals surface area contributed by atoms with Crippen LogP contribution in [-0.2, 0) is 10.0 Å². The van der Waals surface area contributed by atoms with Crippen LogP contribution in [0, 0.1) is 6.92 Å². The van der Waals surface area contributed by atoms with E-state index in [-0.39, 0.29) is 16.3 Å². The molecule has 0 fully saturated rings. The number of halogens is 1. The Morgan fingerprint density at radius 2 is 2.17 bits per heavy atom. The summed E-state index contributed by atoms with van der Waals surface area (Å²) < 4.78 is 26.8. The second-order valence-electron chi connectivity index (χ2n) is 3.60. The molecule has 2 rings (SSSR count). The van der Waals surface area contributed by atoms with E-state index < -0.39 is 10.0 Å². The zero-order valence-corrected chi connectivity index (χ0v) is 11.7. The fourth-order valence-corrected chi connectivity index (χ4v) is 2.98. The first-order valence-corrected chi connectivity index (χ1v) is 7.19. The molecule has 3 N–H and O–H groups in total. The van der Waals surface area contributed by atoms with Crippen LogP contribution in [0.15, 0.2) is 33.8 Å². The summed E-state index contributed by atoms with van der Waals surface area (Å²) in [6.07, 6.45) is 1.21. The SMILES string of the molecule is Cc1[nH]ncc1S(=O)(=O)Nc1cccc(Br)c1O. The van der Waals surface area contributed by atoms with E-state index in [4.69, 9.17) is 0 Å². The number of benzene rings is 1. The molecule has 0 aliphatic heterocycles. The van der Waals surface area contributed by atoms with Gasteiger partial charge in [-0.3, -0.25) is 9.82 Å². The monoisotopic (exact) mass is 331 g/mol. The Morgan fingerprint density at radius 1 is 1.44 bits per heavy atom. The Labute approximate surface area is 112 Å². The maximum Gasteiger partial charge on any atom is 0.265 e. The smallest absolute Gasteiger partial charge is 0.265 e. The number of aromatic hydroxyl groups is 1.